The van der Waals surface area contributed by atoms with Crippen molar-refractivity contribution in [3.63, 3.8) is 0 Å². The minimum Gasteiger partial charge on any atom is -0.142 e. The third-order valence-electron chi connectivity index (χ3n) is 10.2. The van der Waals surface area contributed by atoms with Crippen molar-refractivity contribution >= 4 is 21.2 Å². The lowest BCUT2D eigenvalue weighted by atomic mass is 9.47. The van der Waals surface area contributed by atoms with Crippen LogP contribution in [0.4, 0.5) is 0 Å². The normalized spacial score (nSPS) is 36.1. The van der Waals surface area contributed by atoms with Gasteiger partial charge in [0.25, 0.3) is 0 Å². The van der Waals surface area contributed by atoms with E-state index in [-0.39, 0.29) is 0 Å². The van der Waals surface area contributed by atoms with Gasteiger partial charge in [-0.05, 0) is 97.7 Å². The zero-order valence-electron chi connectivity index (χ0n) is 22.3. The summed E-state index contributed by atoms with van der Waals surface area (Å²) in [4.78, 5) is 0. The molecule has 0 bridgehead atoms. The number of hydrogen-bond acceptors (Lipinski definition) is 6. The molecule has 0 heterocycles. The highest BCUT2D eigenvalue weighted by atomic mass is 32.2. The van der Waals surface area contributed by atoms with E-state index in [1.807, 2.05) is 5.57 Å². The van der Waals surface area contributed by atoms with Crippen molar-refractivity contribution in [2.45, 2.75) is 112 Å². The Morgan fingerprint density at radius 2 is 1.49 bits per heavy atom. The fourth-order valence-electron chi connectivity index (χ4n) is 8.72. The van der Waals surface area contributed by atoms with Crippen molar-refractivity contribution in [1.29, 1.82) is 0 Å². The summed E-state index contributed by atoms with van der Waals surface area (Å²) in [7, 11) is -6.22. The Balaban J connectivity index is 0.000000473. The summed E-state index contributed by atoms with van der Waals surface area (Å²) in [5, 5.41) is 0. The van der Waals surface area contributed by atoms with Gasteiger partial charge in [-0.3, -0.25) is 0 Å². The molecule has 0 aromatic heterocycles. The van der Waals surface area contributed by atoms with Gasteiger partial charge in [0.2, 0.25) is 0 Å². The molecule has 0 aromatic carbocycles. The second kappa shape index (κ2) is 13.0. The van der Waals surface area contributed by atoms with Crippen LogP contribution in [0.1, 0.15) is 112 Å². The minimum atomic E-state index is -3.11. The first-order valence-corrected chi connectivity index (χ1v) is 15.6. The topological polar surface area (TPSA) is 102 Å². The van der Waals surface area contributed by atoms with Crippen LogP contribution < -0.4 is 0 Å². The van der Waals surface area contributed by atoms with E-state index in [1.54, 1.807) is 0 Å². The van der Waals surface area contributed by atoms with E-state index in [0.717, 1.165) is 35.5 Å². The van der Waals surface area contributed by atoms with Crippen molar-refractivity contribution in [1.82, 2.24) is 0 Å². The van der Waals surface area contributed by atoms with Gasteiger partial charge >= 0.3 is 21.2 Å². The summed E-state index contributed by atoms with van der Waals surface area (Å²) in [5.74, 6) is 5.84. The molecule has 35 heavy (non-hydrogen) atoms. The monoisotopic (exact) mass is 530 g/mol. The van der Waals surface area contributed by atoms with Gasteiger partial charge in [-0.1, -0.05) is 72.0 Å². The van der Waals surface area contributed by atoms with Gasteiger partial charge in [0.05, 0.1) is 0 Å². The first-order valence-electron chi connectivity index (χ1n) is 13.6. The van der Waals surface area contributed by atoms with Crippen LogP contribution in [0, 0.1) is 46.3 Å². The van der Waals surface area contributed by atoms with Gasteiger partial charge in [0.1, 0.15) is 0 Å². The molecular formula is C27H46O6S2. The molecule has 0 spiro atoms. The Hall–Kier alpha value is -1.02. The third-order valence-corrected chi connectivity index (χ3v) is 10.2. The third kappa shape index (κ3) is 7.50. The van der Waals surface area contributed by atoms with Crippen molar-refractivity contribution in [2.75, 3.05) is 0 Å². The predicted molar refractivity (Wildman–Crippen MR) is 137 cm³/mol. The second-order valence-corrected chi connectivity index (χ2v) is 13.2. The average molecular weight is 531 g/mol. The van der Waals surface area contributed by atoms with Crippen molar-refractivity contribution in [3.05, 3.63) is 11.6 Å². The van der Waals surface area contributed by atoms with Crippen LogP contribution in [0.2, 0.25) is 0 Å². The van der Waals surface area contributed by atoms with Crippen LogP contribution >= 0.6 is 0 Å². The molecule has 4 rings (SSSR count). The van der Waals surface area contributed by atoms with E-state index in [9.17, 15) is 0 Å². The lowest BCUT2D eigenvalue weighted by Gasteiger charge is -2.58. The van der Waals surface area contributed by atoms with Crippen LogP contribution in [-0.4, -0.2) is 25.3 Å². The number of rotatable bonds is 5. The SMILES string of the molecule is CC(C)CCC[C@H](C)[C@H]1CC[C@H]2[C@@H]3CC=C4CCCC[C@]4(C)[C@H]3CC[C@]12C.O=S(=O)=O.O=S(=O)=O. The summed E-state index contributed by atoms with van der Waals surface area (Å²) < 4.78 is 50.7. The van der Waals surface area contributed by atoms with Crippen LogP contribution in [0.25, 0.3) is 0 Å². The fourth-order valence-corrected chi connectivity index (χ4v) is 8.72. The molecule has 4 aliphatic carbocycles. The first kappa shape index (κ1) is 30.2. The molecule has 8 heteroatoms. The predicted octanol–water partition coefficient (Wildman–Crippen LogP) is 6.41. The molecule has 6 nitrogen and oxygen atoms in total. The van der Waals surface area contributed by atoms with E-state index in [1.165, 1.54) is 77.0 Å². The van der Waals surface area contributed by atoms with E-state index >= 15 is 0 Å². The lowest BCUT2D eigenvalue weighted by Crippen LogP contribution is -2.50. The highest BCUT2D eigenvalue weighted by molar-refractivity contribution is 7.59. The van der Waals surface area contributed by atoms with Gasteiger partial charge in [-0.15, -0.1) is 25.3 Å². The van der Waals surface area contributed by atoms with E-state index in [0.29, 0.717) is 10.8 Å². The Labute approximate surface area is 215 Å². The summed E-state index contributed by atoms with van der Waals surface area (Å²) in [6.07, 6.45) is 20.5. The number of allylic oxidation sites excluding steroid dienone is 2. The lowest BCUT2D eigenvalue weighted by molar-refractivity contribution is -0.0500. The first-order chi connectivity index (χ1) is 16.3. The van der Waals surface area contributed by atoms with Crippen molar-refractivity contribution < 1.29 is 25.3 Å². The van der Waals surface area contributed by atoms with Gasteiger partial charge in [0.15, 0.2) is 0 Å². The summed E-state index contributed by atoms with van der Waals surface area (Å²) in [6.45, 7) is 12.8. The molecule has 0 amide bonds. The average Bonchev–Trinajstić information content (AvgIpc) is 3.09. The standard InChI is InChI=1S/C27H46.2O3S/c1-19(2)9-8-10-20(3)23-14-15-24-22-13-12-21-11-6-7-17-26(21,4)25(22)16-18-27(23,24)5;2*1-4(2)3/h12,19-20,22-25H,6-11,13-18H2,1-5H3;;/t20-,22-,23+,24-,25-,26-,27+;;/m0../s1. The summed E-state index contributed by atoms with van der Waals surface area (Å²) >= 11 is 0. The Morgan fingerprint density at radius 3 is 2.09 bits per heavy atom. The van der Waals surface area contributed by atoms with Crippen molar-refractivity contribution in [3.8, 4) is 0 Å². The molecule has 4 aliphatic rings. The van der Waals surface area contributed by atoms with Crippen LogP contribution in [0.5, 0.6) is 0 Å². The van der Waals surface area contributed by atoms with E-state index in [4.69, 9.17) is 25.3 Å². The Bertz CT molecular complexity index is 912. The molecule has 0 saturated heterocycles. The van der Waals surface area contributed by atoms with Crippen LogP contribution in [-0.2, 0) is 21.2 Å². The highest BCUT2D eigenvalue weighted by Gasteiger charge is 2.58. The van der Waals surface area contributed by atoms with Gasteiger partial charge in [-0.2, -0.15) is 0 Å². The maximum atomic E-state index is 8.44. The van der Waals surface area contributed by atoms with E-state index < -0.39 is 21.2 Å². The maximum absolute atomic E-state index is 8.44. The fraction of sp³-hybridized carbons (Fsp3) is 0.926. The summed E-state index contributed by atoms with van der Waals surface area (Å²) in [6, 6.07) is 0. The second-order valence-electron chi connectivity index (χ2n) is 12.4. The molecule has 0 radical (unpaired) electrons. The molecule has 7 atom stereocenters. The number of fused-ring (bicyclic) bond motifs is 5. The highest BCUT2D eigenvalue weighted by Crippen LogP contribution is 2.67. The molecule has 0 aliphatic heterocycles. The Kier molecular flexibility index (Phi) is 11.2. The largest absolute Gasteiger partial charge is 0.425 e. The molecular weight excluding hydrogens is 484 g/mol. The van der Waals surface area contributed by atoms with Gasteiger partial charge in [-0.25, -0.2) is 0 Å². The molecule has 202 valence electrons. The van der Waals surface area contributed by atoms with Crippen LogP contribution in [0.15, 0.2) is 11.6 Å². The van der Waals surface area contributed by atoms with E-state index in [2.05, 4.69) is 40.7 Å². The van der Waals surface area contributed by atoms with Crippen LogP contribution in [0.3, 0.4) is 0 Å². The zero-order chi connectivity index (χ0) is 26.4. The van der Waals surface area contributed by atoms with Gasteiger partial charge in [0, 0.05) is 0 Å². The quantitative estimate of drug-likeness (QED) is 0.381. The Morgan fingerprint density at radius 1 is 0.857 bits per heavy atom. The molecule has 0 unspecified atom stereocenters. The smallest absolute Gasteiger partial charge is 0.142 e. The van der Waals surface area contributed by atoms with Crippen molar-refractivity contribution in [2.24, 2.45) is 46.3 Å². The molecule has 0 aromatic rings. The number of hydrogen-bond donors (Lipinski definition) is 0. The summed E-state index contributed by atoms with van der Waals surface area (Å²) in [5.41, 5.74) is 3.09. The maximum Gasteiger partial charge on any atom is 0.425 e. The minimum absolute atomic E-state index is 0.573. The molecule has 3 fully saturated rings. The van der Waals surface area contributed by atoms with Gasteiger partial charge < -0.3 is 0 Å². The zero-order valence-corrected chi connectivity index (χ0v) is 23.9. The molecule has 0 N–H and O–H groups in total. The molecule has 3 saturated carbocycles.